The van der Waals surface area contributed by atoms with Gasteiger partial charge in [-0.3, -0.25) is 5.32 Å². The first kappa shape index (κ1) is 26.4. The van der Waals surface area contributed by atoms with Crippen molar-refractivity contribution in [2.75, 3.05) is 17.7 Å². The number of carbonyl (C=O) groups excluding carboxylic acids is 1. The van der Waals surface area contributed by atoms with Crippen molar-refractivity contribution in [3.63, 3.8) is 0 Å². The van der Waals surface area contributed by atoms with Crippen molar-refractivity contribution in [3.8, 4) is 22.1 Å². The van der Waals surface area contributed by atoms with E-state index < -0.39 is 11.7 Å². The first-order valence-corrected chi connectivity index (χ1v) is 12.9. The number of nitrogens with zero attached hydrogens (tertiary/aromatic N) is 3. The Morgan fingerprint density at radius 2 is 1.84 bits per heavy atom. The number of benzene rings is 2. The maximum absolute atomic E-state index is 12.1. The lowest BCUT2D eigenvalue weighted by Gasteiger charge is -2.19. The number of halogens is 1. The van der Waals surface area contributed by atoms with Crippen molar-refractivity contribution in [1.29, 1.82) is 0 Å². The van der Waals surface area contributed by atoms with Crippen LogP contribution in [0.25, 0.3) is 10.6 Å². The van der Waals surface area contributed by atoms with E-state index >= 15 is 0 Å². The Morgan fingerprint density at radius 1 is 1.05 bits per heavy atom. The number of pyridine rings is 1. The zero-order valence-corrected chi connectivity index (χ0v) is 23.1. The molecule has 11 heteroatoms. The number of carbonyl (C=O) groups is 1. The van der Waals surface area contributed by atoms with Gasteiger partial charge in [0, 0.05) is 16.4 Å². The van der Waals surface area contributed by atoms with Crippen LogP contribution in [0, 0.1) is 0 Å². The summed E-state index contributed by atoms with van der Waals surface area (Å²) < 4.78 is 17.8. The van der Waals surface area contributed by atoms with E-state index in [1.807, 2.05) is 48.5 Å². The molecule has 0 saturated heterocycles. The second-order valence-electron chi connectivity index (χ2n) is 8.87. The average molecular weight is 584 g/mol. The predicted octanol–water partition coefficient (Wildman–Crippen LogP) is 7.04. The van der Waals surface area contributed by atoms with E-state index in [0.29, 0.717) is 27.5 Å². The van der Waals surface area contributed by atoms with Gasteiger partial charge in [0.1, 0.15) is 29.5 Å². The maximum atomic E-state index is 12.1. The number of hydrogen-bond donors (Lipinski definition) is 2. The van der Waals surface area contributed by atoms with Gasteiger partial charge in [-0.1, -0.05) is 27.3 Å². The average Bonchev–Trinajstić information content (AvgIpc) is 3.31. The molecule has 0 aliphatic carbocycles. The molecule has 2 heterocycles. The lowest BCUT2D eigenvalue weighted by Crippen LogP contribution is -2.27. The number of ether oxygens (including phenoxy) is 3. The zero-order valence-electron chi connectivity index (χ0n) is 20.7. The summed E-state index contributed by atoms with van der Waals surface area (Å²) in [6, 6.07) is 16.9. The number of hydrogen-bond acceptors (Lipinski definition) is 9. The topological polar surface area (TPSA) is 107 Å². The Labute approximate surface area is 227 Å². The van der Waals surface area contributed by atoms with Gasteiger partial charge >= 0.3 is 6.09 Å². The van der Waals surface area contributed by atoms with Gasteiger partial charge in [-0.15, -0.1) is 10.2 Å². The molecular weight excluding hydrogens is 558 g/mol. The highest BCUT2D eigenvalue weighted by Crippen LogP contribution is 2.37. The van der Waals surface area contributed by atoms with Crippen LogP contribution in [0.2, 0.25) is 0 Å². The Morgan fingerprint density at radius 3 is 2.57 bits per heavy atom. The fraction of sp³-hybridized carbons (Fsp3) is 0.231. The van der Waals surface area contributed by atoms with E-state index in [9.17, 15) is 4.79 Å². The molecule has 0 saturated carbocycles. The quantitative estimate of drug-likeness (QED) is 0.227. The molecular formula is C26H26BrN5O4S. The van der Waals surface area contributed by atoms with Gasteiger partial charge in [-0.05, 0) is 80.9 Å². The largest absolute Gasteiger partial charge is 0.497 e. The van der Waals surface area contributed by atoms with Crippen molar-refractivity contribution in [1.82, 2.24) is 15.2 Å². The molecule has 4 aromatic rings. The number of amides is 1. The third-order valence-electron chi connectivity index (χ3n) is 4.79. The van der Waals surface area contributed by atoms with E-state index in [-0.39, 0.29) is 6.61 Å². The molecule has 2 N–H and O–H groups in total. The van der Waals surface area contributed by atoms with Gasteiger partial charge in [-0.2, -0.15) is 0 Å². The van der Waals surface area contributed by atoms with Crippen molar-refractivity contribution >= 4 is 50.0 Å². The van der Waals surface area contributed by atoms with E-state index in [2.05, 4.69) is 41.7 Å². The fourth-order valence-corrected chi connectivity index (χ4v) is 4.22. The van der Waals surface area contributed by atoms with E-state index in [0.717, 1.165) is 21.3 Å². The zero-order chi connectivity index (χ0) is 26.4. The fourth-order valence-electron chi connectivity index (χ4n) is 3.17. The molecule has 37 heavy (non-hydrogen) atoms. The SMILES string of the molecule is COc1ccc(OCc2ccnc(NC(=O)OC(C)(C)C)c2)c(-c2nnc(Nc3ccc(Br)cc3)s2)c1. The third-order valence-corrected chi connectivity index (χ3v) is 6.19. The molecule has 0 unspecified atom stereocenters. The summed E-state index contributed by atoms with van der Waals surface area (Å²) in [5, 5.41) is 15.9. The molecule has 0 radical (unpaired) electrons. The molecule has 192 valence electrons. The van der Waals surface area contributed by atoms with Crippen LogP contribution in [0.15, 0.2) is 65.3 Å². The van der Waals surface area contributed by atoms with E-state index in [1.54, 1.807) is 40.1 Å². The van der Waals surface area contributed by atoms with Crippen LogP contribution in [0.4, 0.5) is 21.4 Å². The normalized spacial score (nSPS) is 11.1. The molecule has 0 aliphatic rings. The molecule has 2 aromatic carbocycles. The third kappa shape index (κ3) is 7.64. The predicted molar refractivity (Wildman–Crippen MR) is 148 cm³/mol. The number of methoxy groups -OCH3 is 1. The molecule has 0 atom stereocenters. The summed E-state index contributed by atoms with van der Waals surface area (Å²) in [6.45, 7) is 5.64. The molecule has 0 fully saturated rings. The Balaban J connectivity index is 1.49. The van der Waals surface area contributed by atoms with Crippen molar-refractivity contribution in [2.45, 2.75) is 33.0 Å². The van der Waals surface area contributed by atoms with Crippen molar-refractivity contribution in [2.24, 2.45) is 0 Å². The van der Waals surface area contributed by atoms with Gasteiger partial charge in [0.15, 0.2) is 5.01 Å². The highest BCUT2D eigenvalue weighted by atomic mass is 79.9. The van der Waals surface area contributed by atoms with Gasteiger partial charge < -0.3 is 19.5 Å². The van der Waals surface area contributed by atoms with Crippen molar-refractivity contribution < 1.29 is 19.0 Å². The lowest BCUT2D eigenvalue weighted by molar-refractivity contribution is 0.0635. The Hall–Kier alpha value is -3.70. The molecule has 0 bridgehead atoms. The van der Waals surface area contributed by atoms with Crippen LogP contribution >= 0.6 is 27.3 Å². The maximum Gasteiger partial charge on any atom is 0.413 e. The van der Waals surface area contributed by atoms with E-state index in [1.165, 1.54) is 11.3 Å². The second kappa shape index (κ2) is 11.6. The summed E-state index contributed by atoms with van der Waals surface area (Å²) in [5.41, 5.74) is 1.87. The van der Waals surface area contributed by atoms with Crippen LogP contribution in [0.1, 0.15) is 26.3 Å². The summed E-state index contributed by atoms with van der Waals surface area (Å²) in [7, 11) is 1.61. The van der Waals surface area contributed by atoms with Crippen LogP contribution in [-0.2, 0) is 11.3 Å². The molecule has 2 aromatic heterocycles. The summed E-state index contributed by atoms with van der Waals surface area (Å²) in [6.07, 6.45) is 1.03. The monoisotopic (exact) mass is 583 g/mol. The summed E-state index contributed by atoms with van der Waals surface area (Å²) in [4.78, 5) is 16.3. The summed E-state index contributed by atoms with van der Waals surface area (Å²) in [5.74, 6) is 1.66. The highest BCUT2D eigenvalue weighted by Gasteiger charge is 2.17. The molecule has 9 nitrogen and oxygen atoms in total. The number of nitrogens with one attached hydrogen (secondary N) is 2. The van der Waals surface area contributed by atoms with Crippen LogP contribution in [0.5, 0.6) is 11.5 Å². The van der Waals surface area contributed by atoms with Gasteiger partial charge in [0.05, 0.1) is 12.7 Å². The van der Waals surface area contributed by atoms with E-state index in [4.69, 9.17) is 14.2 Å². The van der Waals surface area contributed by atoms with Crippen LogP contribution < -0.4 is 20.1 Å². The Kier molecular flexibility index (Phi) is 8.24. The molecule has 0 aliphatic heterocycles. The number of anilines is 3. The molecule has 0 spiro atoms. The standard InChI is InChI=1S/C26H26BrN5O4S/c1-26(2,3)36-25(33)30-22-13-16(11-12-28-22)15-35-21-10-9-19(34-4)14-20(21)23-31-32-24(37-23)29-18-7-5-17(27)6-8-18/h5-14H,15H2,1-4H3,(H,29,32)(H,28,30,33). The first-order valence-electron chi connectivity index (χ1n) is 11.3. The Bertz CT molecular complexity index is 1370. The number of rotatable bonds is 8. The minimum absolute atomic E-state index is 0.244. The van der Waals surface area contributed by atoms with Crippen molar-refractivity contribution in [3.05, 3.63) is 70.8 Å². The lowest BCUT2D eigenvalue weighted by atomic mass is 10.2. The first-order chi connectivity index (χ1) is 17.7. The van der Waals surface area contributed by atoms with Gasteiger partial charge in [0.25, 0.3) is 0 Å². The minimum Gasteiger partial charge on any atom is -0.497 e. The smallest absolute Gasteiger partial charge is 0.413 e. The van der Waals surface area contributed by atoms with Gasteiger partial charge in [0.2, 0.25) is 5.13 Å². The van der Waals surface area contributed by atoms with Gasteiger partial charge in [-0.25, -0.2) is 9.78 Å². The van der Waals surface area contributed by atoms with Crippen LogP contribution in [0.3, 0.4) is 0 Å². The highest BCUT2D eigenvalue weighted by molar-refractivity contribution is 9.10. The second-order valence-corrected chi connectivity index (χ2v) is 10.8. The number of aromatic nitrogens is 3. The van der Waals surface area contributed by atoms with Crippen LogP contribution in [-0.4, -0.2) is 34.0 Å². The summed E-state index contributed by atoms with van der Waals surface area (Å²) >= 11 is 4.84. The molecule has 4 rings (SSSR count). The minimum atomic E-state index is -0.603. The molecule has 1 amide bonds.